The highest BCUT2D eigenvalue weighted by Gasteiger charge is 2.31. The van der Waals surface area contributed by atoms with Gasteiger partial charge < -0.3 is 14.7 Å². The van der Waals surface area contributed by atoms with Crippen LogP contribution in [-0.4, -0.2) is 46.9 Å². The minimum atomic E-state index is -0.827. The van der Waals surface area contributed by atoms with E-state index in [1.165, 1.54) is 4.90 Å². The molecule has 0 saturated carbocycles. The molecule has 0 radical (unpaired) electrons. The molecule has 17 heavy (non-hydrogen) atoms. The van der Waals surface area contributed by atoms with E-state index in [0.29, 0.717) is 13.0 Å². The van der Waals surface area contributed by atoms with E-state index in [0.717, 1.165) is 0 Å². The predicted molar refractivity (Wildman–Crippen MR) is 61.4 cm³/mol. The Morgan fingerprint density at radius 1 is 1.59 bits per heavy atom. The average molecular weight is 242 g/mol. The average Bonchev–Trinajstić information content (AvgIpc) is 2.18. The first kappa shape index (κ1) is 13.6. The molecular formula is C10H18N4O3. The van der Waals surface area contributed by atoms with Gasteiger partial charge in [-0.05, 0) is 32.7 Å². The van der Waals surface area contributed by atoms with Gasteiger partial charge >= 0.3 is 6.09 Å². The van der Waals surface area contributed by atoms with E-state index in [2.05, 4.69) is 10.0 Å². The molecule has 2 atom stereocenters. The Labute approximate surface area is 100.0 Å². The van der Waals surface area contributed by atoms with Gasteiger partial charge in [0.2, 0.25) is 0 Å². The molecule has 1 rings (SSSR count). The van der Waals surface area contributed by atoms with Crippen molar-refractivity contribution in [3.63, 3.8) is 0 Å². The number of ether oxygens (including phenoxy) is 1. The predicted octanol–water partition coefficient (Wildman–Crippen LogP) is 1.67. The zero-order chi connectivity index (χ0) is 13.1. The highest BCUT2D eigenvalue weighted by molar-refractivity contribution is 5.68. The lowest BCUT2D eigenvalue weighted by Gasteiger charge is -2.34. The summed E-state index contributed by atoms with van der Waals surface area (Å²) in [6, 6.07) is -0.460. The molecule has 0 aromatic heterocycles. The molecule has 0 aromatic rings. The van der Waals surface area contributed by atoms with E-state index in [4.69, 9.17) is 10.3 Å². The van der Waals surface area contributed by atoms with Gasteiger partial charge in [-0.1, -0.05) is 5.11 Å². The quantitative estimate of drug-likeness (QED) is 0.430. The summed E-state index contributed by atoms with van der Waals surface area (Å²) in [4.78, 5) is 15.8. The first-order valence-electron chi connectivity index (χ1n) is 5.53. The van der Waals surface area contributed by atoms with Gasteiger partial charge in [0.1, 0.15) is 5.60 Å². The van der Waals surface area contributed by atoms with Crippen LogP contribution in [-0.2, 0) is 4.74 Å². The smallest absolute Gasteiger partial charge is 0.410 e. The summed E-state index contributed by atoms with van der Waals surface area (Å²) in [6.45, 7) is 5.92. The summed E-state index contributed by atoms with van der Waals surface area (Å²) in [6.07, 6.45) is -0.826. The number of aliphatic hydroxyl groups excluding tert-OH is 1. The number of piperidine rings is 1. The van der Waals surface area contributed by atoms with E-state index < -0.39 is 23.8 Å². The molecule has 96 valence electrons. The van der Waals surface area contributed by atoms with Crippen LogP contribution in [0.2, 0.25) is 0 Å². The third kappa shape index (κ3) is 4.13. The summed E-state index contributed by atoms with van der Waals surface area (Å²) in [5, 5.41) is 13.2. The van der Waals surface area contributed by atoms with E-state index >= 15 is 0 Å². The third-order valence-corrected chi connectivity index (χ3v) is 2.40. The Hall–Kier alpha value is -1.46. The van der Waals surface area contributed by atoms with E-state index in [9.17, 15) is 9.90 Å². The van der Waals surface area contributed by atoms with Crippen molar-refractivity contribution in [3.05, 3.63) is 10.4 Å². The van der Waals surface area contributed by atoms with Gasteiger partial charge in [0, 0.05) is 11.5 Å². The fourth-order valence-electron chi connectivity index (χ4n) is 1.61. The molecule has 1 unspecified atom stereocenters. The molecular weight excluding hydrogens is 224 g/mol. The number of azide groups is 1. The van der Waals surface area contributed by atoms with Crippen LogP contribution >= 0.6 is 0 Å². The Morgan fingerprint density at radius 2 is 2.24 bits per heavy atom. The number of carbonyl (C=O) groups excluding carboxylic acids is 1. The molecule has 1 saturated heterocycles. The summed E-state index contributed by atoms with van der Waals surface area (Å²) >= 11 is 0. The standard InChI is InChI=1S/C10H18N4O3/c1-10(2,3)17-9(16)14-5-4-7(12-13-11)8(15)6-14/h7-8,15H,4-6H2,1-3H3/t7?,8-/m1/s1. The van der Waals surface area contributed by atoms with Crippen LogP contribution in [0.5, 0.6) is 0 Å². The molecule has 0 aliphatic carbocycles. The third-order valence-electron chi connectivity index (χ3n) is 2.40. The van der Waals surface area contributed by atoms with Crippen molar-refractivity contribution in [2.75, 3.05) is 13.1 Å². The molecule has 1 N–H and O–H groups in total. The van der Waals surface area contributed by atoms with Crippen LogP contribution < -0.4 is 0 Å². The topological polar surface area (TPSA) is 98.5 Å². The first-order chi connectivity index (χ1) is 7.83. The lowest BCUT2D eigenvalue weighted by molar-refractivity contribution is -0.000571. The lowest BCUT2D eigenvalue weighted by atomic mass is 10.0. The van der Waals surface area contributed by atoms with Crippen LogP contribution in [0.1, 0.15) is 27.2 Å². The Morgan fingerprint density at radius 3 is 2.71 bits per heavy atom. The normalized spacial score (nSPS) is 25.1. The molecule has 7 heteroatoms. The zero-order valence-electron chi connectivity index (χ0n) is 10.3. The molecule has 0 spiro atoms. The number of hydrogen-bond acceptors (Lipinski definition) is 4. The molecule has 0 bridgehead atoms. The van der Waals surface area contributed by atoms with Crippen LogP contribution in [0.4, 0.5) is 4.79 Å². The van der Waals surface area contributed by atoms with Crippen molar-refractivity contribution in [3.8, 4) is 0 Å². The largest absolute Gasteiger partial charge is 0.444 e. The lowest BCUT2D eigenvalue weighted by Crippen LogP contribution is -2.49. The SMILES string of the molecule is CC(C)(C)OC(=O)N1CCC(N=[N+]=[N-])[C@H](O)C1. The molecule has 1 aliphatic rings. The number of carbonyl (C=O) groups is 1. The van der Waals surface area contributed by atoms with Gasteiger partial charge in [-0.25, -0.2) is 4.79 Å². The van der Waals surface area contributed by atoms with Crippen LogP contribution in [0.15, 0.2) is 5.11 Å². The maximum atomic E-state index is 11.7. The van der Waals surface area contributed by atoms with Crippen molar-refractivity contribution < 1.29 is 14.6 Å². The van der Waals surface area contributed by atoms with Crippen LogP contribution in [0.25, 0.3) is 10.4 Å². The highest BCUT2D eigenvalue weighted by Crippen LogP contribution is 2.17. The monoisotopic (exact) mass is 242 g/mol. The van der Waals surface area contributed by atoms with E-state index in [1.807, 2.05) is 0 Å². The fourth-order valence-corrected chi connectivity index (χ4v) is 1.61. The molecule has 7 nitrogen and oxygen atoms in total. The number of likely N-dealkylation sites (tertiary alicyclic amines) is 1. The van der Waals surface area contributed by atoms with E-state index in [-0.39, 0.29) is 6.54 Å². The van der Waals surface area contributed by atoms with Crippen molar-refractivity contribution in [1.82, 2.24) is 4.90 Å². The van der Waals surface area contributed by atoms with Crippen LogP contribution in [0.3, 0.4) is 0 Å². The maximum absolute atomic E-state index is 11.7. The first-order valence-corrected chi connectivity index (χ1v) is 5.53. The summed E-state index contributed by atoms with van der Waals surface area (Å²) < 4.78 is 5.19. The summed E-state index contributed by atoms with van der Waals surface area (Å²) in [5.41, 5.74) is 7.75. The number of amides is 1. The molecule has 1 amide bonds. The Bertz CT molecular complexity index is 333. The van der Waals surface area contributed by atoms with Gasteiger partial charge in [-0.15, -0.1) is 0 Å². The second-order valence-corrected chi connectivity index (χ2v) is 5.05. The van der Waals surface area contributed by atoms with Gasteiger partial charge in [0.15, 0.2) is 0 Å². The fraction of sp³-hybridized carbons (Fsp3) is 0.900. The molecule has 1 fully saturated rings. The van der Waals surface area contributed by atoms with Gasteiger partial charge in [0.25, 0.3) is 0 Å². The number of aliphatic hydroxyl groups is 1. The van der Waals surface area contributed by atoms with Crippen molar-refractivity contribution in [2.45, 2.75) is 44.9 Å². The summed E-state index contributed by atoms with van der Waals surface area (Å²) in [5.74, 6) is 0. The molecule has 1 aliphatic heterocycles. The summed E-state index contributed by atoms with van der Waals surface area (Å²) in [7, 11) is 0. The maximum Gasteiger partial charge on any atom is 0.410 e. The van der Waals surface area contributed by atoms with Crippen molar-refractivity contribution >= 4 is 6.09 Å². The number of rotatable bonds is 1. The van der Waals surface area contributed by atoms with Gasteiger partial charge in [-0.2, -0.15) is 0 Å². The minimum absolute atomic E-state index is 0.137. The molecule has 0 aromatic carbocycles. The van der Waals surface area contributed by atoms with Gasteiger partial charge in [-0.3, -0.25) is 0 Å². The van der Waals surface area contributed by atoms with Crippen molar-refractivity contribution in [1.29, 1.82) is 0 Å². The van der Waals surface area contributed by atoms with Crippen LogP contribution in [0, 0.1) is 0 Å². The number of hydrogen-bond donors (Lipinski definition) is 1. The number of β-amino-alcohol motifs (C(OH)–C–C–N with tert-alkyl or cyclic N) is 1. The molecule has 1 heterocycles. The second-order valence-electron chi connectivity index (χ2n) is 5.05. The minimum Gasteiger partial charge on any atom is -0.444 e. The Kier molecular flexibility index (Phi) is 4.20. The van der Waals surface area contributed by atoms with Crippen molar-refractivity contribution in [2.24, 2.45) is 5.11 Å². The van der Waals surface area contributed by atoms with E-state index in [1.54, 1.807) is 20.8 Å². The Balaban J connectivity index is 2.55. The number of nitrogens with zero attached hydrogens (tertiary/aromatic N) is 4. The zero-order valence-corrected chi connectivity index (χ0v) is 10.3. The van der Waals surface area contributed by atoms with Gasteiger partial charge in [0.05, 0.1) is 18.7 Å². The second kappa shape index (κ2) is 5.25. The highest BCUT2D eigenvalue weighted by atomic mass is 16.6.